The van der Waals surface area contributed by atoms with Crippen LogP contribution in [0, 0.1) is 13.3 Å². The summed E-state index contributed by atoms with van der Waals surface area (Å²) >= 11 is 0. The maximum absolute atomic E-state index is 13.9. The van der Waals surface area contributed by atoms with Crippen LogP contribution in [0.2, 0.25) is 0 Å². The number of anilines is 1. The number of benzene rings is 2. The molecule has 1 fully saturated rings. The van der Waals surface area contributed by atoms with Crippen LogP contribution < -0.4 is 4.90 Å². The summed E-state index contributed by atoms with van der Waals surface area (Å²) in [5, 5.41) is 0. The van der Waals surface area contributed by atoms with Gasteiger partial charge in [-0.15, -0.1) is 0 Å². The van der Waals surface area contributed by atoms with Crippen LogP contribution in [0.15, 0.2) is 54.7 Å². The fraction of sp³-hybridized carbons (Fsp3) is 0.387. The van der Waals surface area contributed by atoms with Crippen LogP contribution in [0.4, 0.5) is 32.0 Å². The highest BCUT2D eigenvalue weighted by atomic mass is 19.4. The Morgan fingerprint density at radius 2 is 1.40 bits per heavy atom. The Morgan fingerprint density at radius 1 is 0.850 bits per heavy atom. The van der Waals surface area contributed by atoms with Crippen molar-refractivity contribution in [3.8, 4) is 11.1 Å². The van der Waals surface area contributed by atoms with E-state index in [2.05, 4.69) is 11.4 Å². The van der Waals surface area contributed by atoms with Gasteiger partial charge in [0, 0.05) is 24.2 Å². The highest BCUT2D eigenvalue weighted by molar-refractivity contribution is 6.03. The fourth-order valence-electron chi connectivity index (χ4n) is 5.24. The van der Waals surface area contributed by atoms with Crippen LogP contribution >= 0.6 is 0 Å². The molecule has 213 valence electrons. The van der Waals surface area contributed by atoms with E-state index in [0.717, 1.165) is 48.1 Å². The van der Waals surface area contributed by atoms with Crippen LogP contribution in [0.25, 0.3) is 11.1 Å². The molecule has 4 rings (SSSR count). The van der Waals surface area contributed by atoms with Crippen molar-refractivity contribution in [2.45, 2.75) is 70.1 Å². The van der Waals surface area contributed by atoms with E-state index < -0.39 is 34.8 Å². The third-order valence-corrected chi connectivity index (χ3v) is 7.71. The first kappa shape index (κ1) is 29.6. The summed E-state index contributed by atoms with van der Waals surface area (Å²) in [5.74, 6) is -0.415. The zero-order valence-corrected chi connectivity index (χ0v) is 22.7. The third-order valence-electron chi connectivity index (χ3n) is 7.71. The Hall–Kier alpha value is -3.36. The van der Waals surface area contributed by atoms with Gasteiger partial charge in [-0.2, -0.15) is 26.3 Å². The first-order valence-corrected chi connectivity index (χ1v) is 13.1. The van der Waals surface area contributed by atoms with Gasteiger partial charge in [-0.05, 0) is 93.8 Å². The molecule has 40 heavy (non-hydrogen) atoms. The first-order chi connectivity index (χ1) is 18.6. The molecule has 0 atom stereocenters. The Balaban J connectivity index is 1.80. The van der Waals surface area contributed by atoms with Gasteiger partial charge in [-0.3, -0.25) is 9.78 Å². The Morgan fingerprint density at radius 3 is 1.95 bits per heavy atom. The van der Waals surface area contributed by atoms with E-state index in [1.54, 1.807) is 6.20 Å². The summed E-state index contributed by atoms with van der Waals surface area (Å²) in [5.41, 5.74) is -1.18. The van der Waals surface area contributed by atoms with Crippen molar-refractivity contribution in [2.24, 2.45) is 0 Å². The van der Waals surface area contributed by atoms with Crippen LogP contribution in [-0.2, 0) is 22.6 Å². The van der Waals surface area contributed by atoms with Crippen molar-refractivity contribution in [1.82, 2.24) is 4.98 Å². The Labute approximate surface area is 230 Å². The number of amides is 1. The van der Waals surface area contributed by atoms with E-state index in [1.165, 1.54) is 25.8 Å². The summed E-state index contributed by atoms with van der Waals surface area (Å²) in [6.45, 7) is 4.59. The lowest BCUT2D eigenvalue weighted by molar-refractivity contribution is -0.143. The second kappa shape index (κ2) is 10.9. The second-order valence-corrected chi connectivity index (χ2v) is 10.9. The summed E-state index contributed by atoms with van der Waals surface area (Å²) in [4.78, 5) is 19.8. The monoisotopic (exact) mass is 561 g/mol. The number of hydrogen-bond donors (Lipinski definition) is 0. The lowest BCUT2D eigenvalue weighted by atomic mass is 9.81. The van der Waals surface area contributed by atoms with Gasteiger partial charge < -0.3 is 4.90 Å². The maximum Gasteiger partial charge on any atom is 0.416 e. The molecule has 3 nitrogen and oxygen atoms in total. The molecule has 1 radical (unpaired) electrons. The molecule has 1 amide bonds. The average molecular weight is 562 g/mol. The second-order valence-electron chi connectivity index (χ2n) is 10.9. The normalized spacial score (nSPS) is 15.2. The van der Waals surface area contributed by atoms with Gasteiger partial charge in [0.25, 0.3) is 0 Å². The molecule has 0 spiro atoms. The predicted molar refractivity (Wildman–Crippen MR) is 143 cm³/mol. The van der Waals surface area contributed by atoms with Gasteiger partial charge in [0.1, 0.15) is 0 Å². The summed E-state index contributed by atoms with van der Waals surface area (Å²) < 4.78 is 81.3. The van der Waals surface area contributed by atoms with Gasteiger partial charge in [0.2, 0.25) is 5.91 Å². The van der Waals surface area contributed by atoms with Gasteiger partial charge in [-0.25, -0.2) is 0 Å². The van der Waals surface area contributed by atoms with E-state index in [4.69, 9.17) is 0 Å². The van der Waals surface area contributed by atoms with E-state index >= 15 is 0 Å². The van der Waals surface area contributed by atoms with E-state index in [0.29, 0.717) is 17.8 Å². The number of hydrogen-bond acceptors (Lipinski definition) is 2. The minimum Gasteiger partial charge on any atom is -0.313 e. The standard InChI is InChI=1S/C31H31F6N2O/c1-19-10-8-9-13-24(19)25-17-26(20-11-6-5-7-12-20)38-18-27(25)39(4)28(40)29(2,3)21-14-22(30(32,33)34)16-23(15-21)31(35,36)37/h5,8-10,13-18,20H,6-7,11-12H2,1-4H3. The molecule has 0 unspecified atom stereocenters. The van der Waals surface area contributed by atoms with Crippen molar-refractivity contribution in [3.05, 3.63) is 89.1 Å². The lowest BCUT2D eigenvalue weighted by Crippen LogP contribution is -2.42. The van der Waals surface area contributed by atoms with Crippen molar-refractivity contribution in [3.63, 3.8) is 0 Å². The number of pyridine rings is 1. The molecule has 1 aliphatic carbocycles. The number of aromatic nitrogens is 1. The largest absolute Gasteiger partial charge is 0.416 e. The number of halogens is 6. The zero-order chi connectivity index (χ0) is 29.5. The van der Waals surface area contributed by atoms with Crippen LogP contribution in [0.1, 0.15) is 73.4 Å². The number of rotatable bonds is 5. The Kier molecular flexibility index (Phi) is 8.07. The molecule has 3 aromatic rings. The molecule has 1 aliphatic rings. The molecule has 0 saturated heterocycles. The molecule has 0 bridgehead atoms. The molecule has 1 heterocycles. The topological polar surface area (TPSA) is 33.2 Å². The molecule has 0 aliphatic heterocycles. The zero-order valence-electron chi connectivity index (χ0n) is 22.7. The first-order valence-electron chi connectivity index (χ1n) is 13.1. The summed E-state index contributed by atoms with van der Waals surface area (Å²) in [6, 6.07) is 10.9. The van der Waals surface area contributed by atoms with Gasteiger partial charge in [0.15, 0.2) is 0 Å². The smallest absolute Gasteiger partial charge is 0.313 e. The minimum atomic E-state index is -5.02. The molecule has 0 N–H and O–H groups in total. The van der Waals surface area contributed by atoms with Crippen molar-refractivity contribution in [1.29, 1.82) is 0 Å². The number of nitrogens with zero attached hydrogens (tertiary/aromatic N) is 2. The van der Waals surface area contributed by atoms with E-state index in [1.807, 2.05) is 37.3 Å². The number of likely N-dealkylation sites (N-methyl/N-ethyl adjacent to an activating group) is 1. The van der Waals surface area contributed by atoms with Crippen molar-refractivity contribution < 1.29 is 31.1 Å². The molecular formula is C31H31F6N2O. The van der Waals surface area contributed by atoms with Crippen LogP contribution in [0.3, 0.4) is 0 Å². The van der Waals surface area contributed by atoms with E-state index in [9.17, 15) is 31.1 Å². The van der Waals surface area contributed by atoms with Gasteiger partial charge in [0.05, 0.1) is 28.4 Å². The Bertz CT molecular complexity index is 1360. The third kappa shape index (κ3) is 6.03. The average Bonchev–Trinajstić information content (AvgIpc) is 2.91. The van der Waals surface area contributed by atoms with Crippen molar-refractivity contribution in [2.75, 3.05) is 11.9 Å². The van der Waals surface area contributed by atoms with Crippen LogP contribution in [-0.4, -0.2) is 17.9 Å². The number of carbonyl (C=O) groups excluding carboxylic acids is 1. The molecule has 1 aromatic heterocycles. The summed E-state index contributed by atoms with van der Waals surface area (Å²) in [6.07, 6.45) is -2.33. The van der Waals surface area contributed by atoms with Crippen molar-refractivity contribution >= 4 is 11.6 Å². The lowest BCUT2D eigenvalue weighted by Gasteiger charge is -2.32. The van der Waals surface area contributed by atoms with E-state index in [-0.39, 0.29) is 17.5 Å². The minimum absolute atomic E-state index is 0.0652. The molecular weight excluding hydrogens is 530 g/mol. The van der Waals surface area contributed by atoms with Gasteiger partial charge in [-0.1, -0.05) is 24.3 Å². The highest BCUT2D eigenvalue weighted by Crippen LogP contribution is 2.42. The number of alkyl halides is 6. The maximum atomic E-state index is 13.9. The van der Waals surface area contributed by atoms with Gasteiger partial charge >= 0.3 is 12.4 Å². The van der Waals surface area contributed by atoms with Crippen LogP contribution in [0.5, 0.6) is 0 Å². The highest BCUT2D eigenvalue weighted by Gasteiger charge is 2.41. The SMILES string of the molecule is Cc1ccccc1-c1cc(C2CC[CH]CC2)ncc1N(C)C(=O)C(C)(C)c1cc(C(F)(F)F)cc(C(F)(F)F)c1. The molecule has 1 saturated carbocycles. The number of carbonyl (C=O) groups is 1. The number of aryl methyl sites for hydroxylation is 1. The molecule has 2 aromatic carbocycles. The molecule has 9 heteroatoms. The fourth-order valence-corrected chi connectivity index (χ4v) is 5.24. The summed E-state index contributed by atoms with van der Waals surface area (Å²) in [7, 11) is 1.47. The quantitative estimate of drug-likeness (QED) is 0.292. The predicted octanol–water partition coefficient (Wildman–Crippen LogP) is 8.90.